The third-order valence-electron chi connectivity index (χ3n) is 3.64. The number of rotatable bonds is 2. The first-order valence-corrected chi connectivity index (χ1v) is 8.12. The van der Waals surface area contributed by atoms with E-state index in [4.69, 9.17) is 5.73 Å². The van der Waals surface area contributed by atoms with Crippen molar-refractivity contribution in [1.29, 1.82) is 0 Å². The van der Waals surface area contributed by atoms with Crippen molar-refractivity contribution in [2.75, 3.05) is 0 Å². The molecule has 0 aliphatic carbocycles. The molecular weight excluding hydrogens is 414 g/mol. The van der Waals surface area contributed by atoms with E-state index in [1.165, 1.54) is 16.8 Å². The molecule has 2 aromatic rings. The number of aromatic nitrogens is 1. The first kappa shape index (κ1) is 20.1. The highest BCUT2D eigenvalue weighted by molar-refractivity contribution is 9.10. The molecule has 1 atom stereocenters. The van der Waals surface area contributed by atoms with E-state index in [0.717, 1.165) is 6.07 Å². The molecule has 0 aliphatic heterocycles. The summed E-state index contributed by atoms with van der Waals surface area (Å²) in [5.41, 5.74) is 3.85. The van der Waals surface area contributed by atoms with E-state index in [2.05, 4.69) is 15.9 Å². The van der Waals surface area contributed by atoms with Gasteiger partial charge in [0.25, 0.3) is 0 Å². The minimum atomic E-state index is -4.76. The SMILES string of the molecule is CC(C)(C)Cn1cc([C@H](N)C(F)(F)F)c2cc(C(F)(F)F)c(Br)cc21. The molecule has 0 radical (unpaired) electrons. The van der Waals surface area contributed by atoms with Gasteiger partial charge in [0.1, 0.15) is 6.04 Å². The van der Waals surface area contributed by atoms with Crippen LogP contribution in [0.3, 0.4) is 0 Å². The maximum absolute atomic E-state index is 13.1. The number of benzene rings is 1. The smallest absolute Gasteiger partial charge is 0.347 e. The van der Waals surface area contributed by atoms with Crippen molar-refractivity contribution in [3.63, 3.8) is 0 Å². The topological polar surface area (TPSA) is 30.9 Å². The Labute approximate surface area is 149 Å². The third-order valence-corrected chi connectivity index (χ3v) is 4.29. The fraction of sp³-hybridized carbons (Fsp3) is 0.500. The lowest BCUT2D eigenvalue weighted by atomic mass is 9.97. The number of nitrogens with two attached hydrogens (primary N) is 1. The standard InChI is InChI=1S/C16H17BrF6N2/c1-14(2,3)7-25-6-9(13(24)16(21,22)23)8-4-10(15(18,19)20)11(17)5-12(8)25/h4-6,13H,7,24H2,1-3H3/t13-/m0/s1. The van der Waals surface area contributed by atoms with Crippen LogP contribution in [0.1, 0.15) is 37.9 Å². The Morgan fingerprint density at radius 2 is 1.64 bits per heavy atom. The van der Waals surface area contributed by atoms with Gasteiger partial charge < -0.3 is 10.3 Å². The lowest BCUT2D eigenvalue weighted by Gasteiger charge is -2.20. The molecule has 0 saturated carbocycles. The van der Waals surface area contributed by atoms with Crippen molar-refractivity contribution in [3.8, 4) is 0 Å². The van der Waals surface area contributed by atoms with E-state index >= 15 is 0 Å². The van der Waals surface area contributed by atoms with Crippen LogP contribution in [0.4, 0.5) is 26.3 Å². The van der Waals surface area contributed by atoms with Gasteiger partial charge in [0.05, 0.1) is 5.56 Å². The molecule has 0 aliphatic rings. The molecule has 0 spiro atoms. The molecule has 0 saturated heterocycles. The van der Waals surface area contributed by atoms with Gasteiger partial charge in [-0.15, -0.1) is 0 Å². The highest BCUT2D eigenvalue weighted by Crippen LogP contribution is 2.42. The number of fused-ring (bicyclic) bond motifs is 1. The van der Waals surface area contributed by atoms with Gasteiger partial charge in [0, 0.05) is 33.7 Å². The Morgan fingerprint density at radius 1 is 1.08 bits per heavy atom. The molecule has 1 aromatic carbocycles. The third kappa shape index (κ3) is 4.31. The molecule has 140 valence electrons. The Bertz CT molecular complexity index is 783. The molecule has 0 unspecified atom stereocenters. The maximum atomic E-state index is 13.1. The van der Waals surface area contributed by atoms with Crippen molar-refractivity contribution in [2.45, 2.75) is 45.7 Å². The normalized spacial score (nSPS) is 15.0. The van der Waals surface area contributed by atoms with Crippen molar-refractivity contribution in [2.24, 2.45) is 11.1 Å². The minimum absolute atomic E-state index is 0.149. The zero-order chi connectivity index (χ0) is 19.4. The molecule has 2 N–H and O–H groups in total. The summed E-state index contributed by atoms with van der Waals surface area (Å²) in [7, 11) is 0. The Kier molecular flexibility index (Phi) is 4.98. The second kappa shape index (κ2) is 6.19. The fourth-order valence-corrected chi connectivity index (χ4v) is 3.18. The van der Waals surface area contributed by atoms with E-state index in [1.807, 2.05) is 20.8 Å². The highest BCUT2D eigenvalue weighted by atomic mass is 79.9. The first-order chi connectivity index (χ1) is 11.1. The molecule has 2 nitrogen and oxygen atoms in total. The monoisotopic (exact) mass is 430 g/mol. The second-order valence-corrected chi connectivity index (χ2v) is 7.99. The van der Waals surface area contributed by atoms with E-state index < -0.39 is 24.0 Å². The molecule has 2 rings (SSSR count). The molecule has 9 heteroatoms. The quantitative estimate of drug-likeness (QED) is 0.579. The predicted molar refractivity (Wildman–Crippen MR) is 87.1 cm³/mol. The van der Waals surface area contributed by atoms with Gasteiger partial charge in [-0.05, 0) is 17.5 Å². The van der Waals surface area contributed by atoms with Crippen LogP contribution in [-0.4, -0.2) is 10.7 Å². The molecule has 0 fully saturated rings. The van der Waals surface area contributed by atoms with Gasteiger partial charge in [0.2, 0.25) is 0 Å². The first-order valence-electron chi connectivity index (χ1n) is 7.33. The van der Waals surface area contributed by atoms with E-state index in [-0.39, 0.29) is 26.4 Å². The summed E-state index contributed by atoms with van der Waals surface area (Å²) >= 11 is 2.87. The highest BCUT2D eigenvalue weighted by Gasteiger charge is 2.41. The van der Waals surface area contributed by atoms with Crippen LogP contribution < -0.4 is 5.73 Å². The average molecular weight is 431 g/mol. The van der Waals surface area contributed by atoms with Gasteiger partial charge in [-0.3, -0.25) is 0 Å². The van der Waals surface area contributed by atoms with E-state index in [0.29, 0.717) is 6.54 Å². The summed E-state index contributed by atoms with van der Waals surface area (Å²) in [4.78, 5) is 0. The molecule has 0 bridgehead atoms. The Morgan fingerprint density at radius 3 is 2.08 bits per heavy atom. The number of nitrogens with zero attached hydrogens (tertiary/aromatic N) is 1. The van der Waals surface area contributed by atoms with E-state index in [1.54, 1.807) is 0 Å². The molecular formula is C16H17BrF6N2. The van der Waals surface area contributed by atoms with Crippen LogP contribution in [-0.2, 0) is 12.7 Å². The second-order valence-electron chi connectivity index (χ2n) is 7.14. The lowest BCUT2D eigenvalue weighted by molar-refractivity contribution is -0.148. The van der Waals surface area contributed by atoms with E-state index in [9.17, 15) is 26.3 Å². The van der Waals surface area contributed by atoms with Gasteiger partial charge >= 0.3 is 12.4 Å². The van der Waals surface area contributed by atoms with Crippen LogP contribution in [0, 0.1) is 5.41 Å². The molecule has 25 heavy (non-hydrogen) atoms. The van der Waals surface area contributed by atoms with Crippen LogP contribution in [0.2, 0.25) is 0 Å². The number of halogens is 7. The van der Waals surface area contributed by atoms with Crippen molar-refractivity contribution in [1.82, 2.24) is 4.57 Å². The fourth-order valence-electron chi connectivity index (χ4n) is 2.62. The lowest BCUT2D eigenvalue weighted by Crippen LogP contribution is -2.28. The van der Waals surface area contributed by atoms with Gasteiger partial charge in [-0.1, -0.05) is 36.7 Å². The molecule has 0 amide bonds. The van der Waals surface area contributed by atoms with Crippen LogP contribution in [0.25, 0.3) is 10.9 Å². The maximum Gasteiger partial charge on any atom is 0.417 e. The average Bonchev–Trinajstić information content (AvgIpc) is 2.70. The summed E-state index contributed by atoms with van der Waals surface area (Å²) in [6.45, 7) is 5.95. The van der Waals surface area contributed by atoms with Crippen molar-refractivity contribution >= 4 is 26.8 Å². The van der Waals surface area contributed by atoms with Gasteiger partial charge in [-0.25, -0.2) is 0 Å². The number of hydrogen-bond donors (Lipinski definition) is 1. The summed E-state index contributed by atoms with van der Waals surface area (Å²) in [6.07, 6.45) is -8.26. The number of hydrogen-bond acceptors (Lipinski definition) is 1. The Hall–Kier alpha value is -1.22. The number of alkyl halides is 6. The van der Waals surface area contributed by atoms with Crippen molar-refractivity contribution < 1.29 is 26.3 Å². The van der Waals surface area contributed by atoms with Crippen molar-refractivity contribution in [3.05, 3.63) is 33.9 Å². The Balaban J connectivity index is 2.78. The zero-order valence-electron chi connectivity index (χ0n) is 13.7. The largest absolute Gasteiger partial charge is 0.417 e. The predicted octanol–water partition coefficient (Wildman–Crippen LogP) is 6.03. The summed E-state index contributed by atoms with van der Waals surface area (Å²) < 4.78 is 79.9. The van der Waals surface area contributed by atoms with Crippen LogP contribution in [0.15, 0.2) is 22.8 Å². The van der Waals surface area contributed by atoms with Crippen LogP contribution >= 0.6 is 15.9 Å². The summed E-state index contributed by atoms with van der Waals surface area (Å²) in [5.74, 6) is 0. The van der Waals surface area contributed by atoms with Gasteiger partial charge in [-0.2, -0.15) is 26.3 Å². The zero-order valence-corrected chi connectivity index (χ0v) is 15.3. The molecule has 1 aromatic heterocycles. The van der Waals surface area contributed by atoms with Crippen LogP contribution in [0.5, 0.6) is 0 Å². The molecule has 1 heterocycles. The summed E-state index contributed by atoms with van der Waals surface area (Å²) in [5, 5.41) is -0.149. The van der Waals surface area contributed by atoms with Gasteiger partial charge in [0.15, 0.2) is 0 Å². The minimum Gasteiger partial charge on any atom is -0.347 e. The summed E-state index contributed by atoms with van der Waals surface area (Å²) in [6, 6.07) is -0.450.